The average Bonchev–Trinajstić information content (AvgIpc) is 2.66. The number of aliphatic carboxylic acids is 1. The Kier molecular flexibility index (Phi) is 3.02. The molecule has 0 aliphatic heterocycles. The molecule has 0 unspecified atom stereocenters. The number of halogens is 3. The van der Waals surface area contributed by atoms with Crippen molar-refractivity contribution in [3.8, 4) is 0 Å². The number of carboxylic acid groups (broad SMARTS) is 1. The van der Waals surface area contributed by atoms with Gasteiger partial charge < -0.3 is 10.1 Å². The van der Waals surface area contributed by atoms with Crippen molar-refractivity contribution in [1.82, 2.24) is 4.98 Å². The second-order valence-electron chi connectivity index (χ2n) is 3.95. The first-order valence-electron chi connectivity index (χ1n) is 5.27. The van der Waals surface area contributed by atoms with Crippen LogP contribution in [0.25, 0.3) is 10.9 Å². The lowest BCUT2D eigenvalue weighted by atomic mass is 10.1. The predicted octanol–water partition coefficient (Wildman–Crippen LogP) is 3.20. The Morgan fingerprint density at radius 3 is 2.67 bits per heavy atom. The van der Waals surface area contributed by atoms with Gasteiger partial charge in [0.25, 0.3) is 0 Å². The first-order chi connectivity index (χ1) is 8.38. The molecule has 2 N–H and O–H groups in total. The summed E-state index contributed by atoms with van der Waals surface area (Å²) in [6, 6.07) is 5.23. The number of nitrogens with one attached hydrogen (secondary N) is 1. The zero-order chi connectivity index (χ0) is 13.3. The minimum Gasteiger partial charge on any atom is -0.481 e. The van der Waals surface area contributed by atoms with E-state index in [0.29, 0.717) is 11.2 Å². The highest BCUT2D eigenvalue weighted by Gasteiger charge is 2.32. The lowest BCUT2D eigenvalue weighted by molar-refractivity contribution is -0.137. The zero-order valence-corrected chi connectivity index (χ0v) is 9.21. The van der Waals surface area contributed by atoms with Crippen molar-refractivity contribution >= 4 is 16.9 Å². The smallest absolute Gasteiger partial charge is 0.417 e. The molecule has 6 heteroatoms. The largest absolute Gasteiger partial charge is 0.481 e. The van der Waals surface area contributed by atoms with Gasteiger partial charge in [0.05, 0.1) is 12.0 Å². The highest BCUT2D eigenvalue weighted by Crippen LogP contribution is 2.35. The molecule has 0 aliphatic rings. The standard InChI is InChI=1S/C12H10F3NO2/c13-12(14,15)9-2-1-3-10-8(9)6-7(16-10)4-5-11(17)18/h1-3,6,16H,4-5H2,(H,17,18). The van der Waals surface area contributed by atoms with E-state index < -0.39 is 17.7 Å². The molecule has 0 radical (unpaired) electrons. The zero-order valence-electron chi connectivity index (χ0n) is 9.21. The average molecular weight is 257 g/mol. The maximum Gasteiger partial charge on any atom is 0.417 e. The summed E-state index contributed by atoms with van der Waals surface area (Å²) in [7, 11) is 0. The second kappa shape index (κ2) is 4.36. The fourth-order valence-electron chi connectivity index (χ4n) is 1.84. The number of H-pyrrole nitrogens is 1. The monoisotopic (exact) mass is 257 g/mol. The summed E-state index contributed by atoms with van der Waals surface area (Å²) >= 11 is 0. The van der Waals surface area contributed by atoms with Gasteiger partial charge >= 0.3 is 12.1 Å². The Bertz CT molecular complexity index is 587. The summed E-state index contributed by atoms with van der Waals surface area (Å²) < 4.78 is 38.2. The van der Waals surface area contributed by atoms with Crippen LogP contribution in [-0.2, 0) is 17.4 Å². The van der Waals surface area contributed by atoms with Crippen molar-refractivity contribution < 1.29 is 23.1 Å². The number of carboxylic acids is 1. The van der Waals surface area contributed by atoms with Crippen LogP contribution in [-0.4, -0.2) is 16.1 Å². The Morgan fingerprint density at radius 1 is 1.33 bits per heavy atom. The maximum atomic E-state index is 12.7. The minimum atomic E-state index is -4.41. The van der Waals surface area contributed by atoms with Gasteiger partial charge in [-0.1, -0.05) is 6.07 Å². The van der Waals surface area contributed by atoms with Gasteiger partial charge in [-0.15, -0.1) is 0 Å². The lowest BCUT2D eigenvalue weighted by Crippen LogP contribution is -2.04. The van der Waals surface area contributed by atoms with Gasteiger partial charge in [-0.05, 0) is 24.6 Å². The molecule has 0 spiro atoms. The number of benzene rings is 1. The van der Waals surface area contributed by atoms with Crippen LogP contribution in [0.4, 0.5) is 13.2 Å². The van der Waals surface area contributed by atoms with Crippen molar-refractivity contribution in [3.63, 3.8) is 0 Å². The van der Waals surface area contributed by atoms with Crippen molar-refractivity contribution in [3.05, 3.63) is 35.5 Å². The molecule has 1 aromatic heterocycles. The molecule has 0 amide bonds. The summed E-state index contributed by atoms with van der Waals surface area (Å²) in [5.41, 5.74) is 0.145. The molecule has 1 aromatic carbocycles. The number of aromatic amines is 1. The van der Waals surface area contributed by atoms with Gasteiger partial charge in [0.15, 0.2) is 0 Å². The summed E-state index contributed by atoms with van der Waals surface area (Å²) in [6.45, 7) is 0. The van der Waals surface area contributed by atoms with Crippen molar-refractivity contribution in [2.45, 2.75) is 19.0 Å². The quantitative estimate of drug-likeness (QED) is 0.887. The number of rotatable bonds is 3. The van der Waals surface area contributed by atoms with Gasteiger partial charge in [0, 0.05) is 16.6 Å². The van der Waals surface area contributed by atoms with Crippen LogP contribution in [0.1, 0.15) is 17.7 Å². The van der Waals surface area contributed by atoms with Gasteiger partial charge in [-0.2, -0.15) is 13.2 Å². The van der Waals surface area contributed by atoms with Gasteiger partial charge in [-0.25, -0.2) is 0 Å². The van der Waals surface area contributed by atoms with Crippen LogP contribution in [0.5, 0.6) is 0 Å². The number of hydrogen-bond acceptors (Lipinski definition) is 1. The number of aromatic nitrogens is 1. The molecule has 0 saturated heterocycles. The van der Waals surface area contributed by atoms with Crippen molar-refractivity contribution in [2.24, 2.45) is 0 Å². The number of carbonyl (C=O) groups is 1. The van der Waals surface area contributed by atoms with Crippen molar-refractivity contribution in [1.29, 1.82) is 0 Å². The van der Waals surface area contributed by atoms with Crippen LogP contribution >= 0.6 is 0 Å². The lowest BCUT2D eigenvalue weighted by Gasteiger charge is -2.06. The SMILES string of the molecule is O=C(O)CCc1cc2c(C(F)(F)F)cccc2[nH]1. The fourth-order valence-corrected chi connectivity index (χ4v) is 1.84. The summed E-state index contributed by atoms with van der Waals surface area (Å²) in [5.74, 6) is -0.982. The summed E-state index contributed by atoms with van der Waals surface area (Å²) in [5, 5.41) is 8.61. The molecule has 0 fully saturated rings. The summed E-state index contributed by atoms with van der Waals surface area (Å²) in [4.78, 5) is 13.2. The fraction of sp³-hybridized carbons (Fsp3) is 0.250. The van der Waals surface area contributed by atoms with Crippen LogP contribution in [0.15, 0.2) is 24.3 Å². The first kappa shape index (κ1) is 12.5. The van der Waals surface area contributed by atoms with E-state index in [-0.39, 0.29) is 18.2 Å². The molecule has 2 rings (SSSR count). The molecule has 0 bridgehead atoms. The Morgan fingerprint density at radius 2 is 2.06 bits per heavy atom. The molecule has 0 aliphatic carbocycles. The third-order valence-electron chi connectivity index (χ3n) is 2.63. The van der Waals surface area contributed by atoms with Crippen LogP contribution < -0.4 is 0 Å². The maximum absolute atomic E-state index is 12.7. The number of fused-ring (bicyclic) bond motifs is 1. The molecule has 1 heterocycles. The van der Waals surface area contributed by atoms with E-state index >= 15 is 0 Å². The molecule has 96 valence electrons. The number of hydrogen-bond donors (Lipinski definition) is 2. The molecule has 3 nitrogen and oxygen atoms in total. The van der Waals surface area contributed by atoms with E-state index in [0.717, 1.165) is 6.07 Å². The van der Waals surface area contributed by atoms with Gasteiger partial charge in [-0.3, -0.25) is 4.79 Å². The van der Waals surface area contributed by atoms with E-state index in [1.807, 2.05) is 0 Å². The molecule has 2 aromatic rings. The molecular formula is C12H10F3NO2. The van der Waals surface area contributed by atoms with Crippen LogP contribution in [0, 0.1) is 0 Å². The van der Waals surface area contributed by atoms with E-state index in [4.69, 9.17) is 5.11 Å². The van der Waals surface area contributed by atoms with Crippen LogP contribution in [0.3, 0.4) is 0 Å². The highest BCUT2D eigenvalue weighted by atomic mass is 19.4. The second-order valence-corrected chi connectivity index (χ2v) is 3.95. The van der Waals surface area contributed by atoms with E-state index in [9.17, 15) is 18.0 Å². The van der Waals surface area contributed by atoms with E-state index in [2.05, 4.69) is 4.98 Å². The van der Waals surface area contributed by atoms with Crippen LogP contribution in [0.2, 0.25) is 0 Å². The highest BCUT2D eigenvalue weighted by molar-refractivity contribution is 5.84. The van der Waals surface area contributed by atoms with Crippen molar-refractivity contribution in [2.75, 3.05) is 0 Å². The number of alkyl halides is 3. The van der Waals surface area contributed by atoms with Gasteiger partial charge in [0.2, 0.25) is 0 Å². The van der Waals surface area contributed by atoms with E-state index in [1.54, 1.807) is 0 Å². The molecule has 0 atom stereocenters. The Hall–Kier alpha value is -1.98. The first-order valence-corrected chi connectivity index (χ1v) is 5.27. The molecule has 0 saturated carbocycles. The summed E-state index contributed by atoms with van der Waals surface area (Å²) in [6.07, 6.45) is -4.35. The Labute approximate surface area is 100 Å². The predicted molar refractivity (Wildman–Crippen MR) is 59.3 cm³/mol. The Balaban J connectivity index is 2.42. The normalized spacial score (nSPS) is 11.9. The third kappa shape index (κ3) is 2.47. The molecular weight excluding hydrogens is 247 g/mol. The number of aryl methyl sites for hydroxylation is 1. The molecule has 18 heavy (non-hydrogen) atoms. The minimum absolute atomic E-state index is 0.0744. The third-order valence-corrected chi connectivity index (χ3v) is 2.63. The van der Waals surface area contributed by atoms with E-state index in [1.165, 1.54) is 18.2 Å². The topological polar surface area (TPSA) is 53.1 Å². The van der Waals surface area contributed by atoms with Gasteiger partial charge in [0.1, 0.15) is 0 Å².